The third-order valence-corrected chi connectivity index (χ3v) is 2.34. The van der Waals surface area contributed by atoms with Gasteiger partial charge in [0.05, 0.1) is 48.7 Å². The SMILES string of the molecule is CCCC([N+](C)(C)C)[N+](C)(C)C. The highest BCUT2D eigenvalue weighted by atomic mass is 15.5. The van der Waals surface area contributed by atoms with Crippen LogP contribution in [0.15, 0.2) is 0 Å². The van der Waals surface area contributed by atoms with Crippen LogP contribution < -0.4 is 0 Å². The second-order valence-corrected chi connectivity index (χ2v) is 5.50. The average Bonchev–Trinajstić information content (AvgIpc) is 1.77. The van der Waals surface area contributed by atoms with Gasteiger partial charge in [0, 0.05) is 0 Å². The molecule has 0 aromatic heterocycles. The predicted molar refractivity (Wildman–Crippen MR) is 54.8 cm³/mol. The van der Waals surface area contributed by atoms with Crippen LogP contribution in [0.2, 0.25) is 0 Å². The Morgan fingerprint density at radius 2 is 1.17 bits per heavy atom. The van der Waals surface area contributed by atoms with Crippen LogP contribution in [-0.2, 0) is 0 Å². The zero-order valence-electron chi connectivity index (χ0n) is 9.89. The Labute approximate surface area is 78.0 Å². The topological polar surface area (TPSA) is 0 Å². The van der Waals surface area contributed by atoms with Crippen molar-refractivity contribution in [3.63, 3.8) is 0 Å². The molecule has 0 saturated carbocycles. The molecular formula is C10H26N2+2. The summed E-state index contributed by atoms with van der Waals surface area (Å²) in [7, 11) is 13.7. The largest absolute Gasteiger partial charge is 0.282 e. The summed E-state index contributed by atoms with van der Waals surface area (Å²) in [5.41, 5.74) is 0. The van der Waals surface area contributed by atoms with E-state index in [4.69, 9.17) is 0 Å². The molecule has 74 valence electrons. The van der Waals surface area contributed by atoms with Crippen LogP contribution in [0.5, 0.6) is 0 Å². The zero-order chi connectivity index (χ0) is 9.99. The minimum atomic E-state index is 0.704. The Hall–Kier alpha value is -0.0800. The number of hydrogen-bond acceptors (Lipinski definition) is 0. The van der Waals surface area contributed by atoms with Gasteiger partial charge in [-0.15, -0.1) is 0 Å². The van der Waals surface area contributed by atoms with Crippen molar-refractivity contribution in [2.24, 2.45) is 0 Å². The molecule has 0 rings (SSSR count). The van der Waals surface area contributed by atoms with Gasteiger partial charge in [0.1, 0.15) is 0 Å². The van der Waals surface area contributed by atoms with Crippen molar-refractivity contribution < 1.29 is 8.97 Å². The first-order valence-electron chi connectivity index (χ1n) is 4.82. The fraction of sp³-hybridized carbons (Fsp3) is 1.00. The molecule has 0 aromatic carbocycles. The van der Waals surface area contributed by atoms with Crippen molar-refractivity contribution in [2.45, 2.75) is 25.9 Å². The summed E-state index contributed by atoms with van der Waals surface area (Å²) in [4.78, 5) is 0. The highest BCUT2D eigenvalue weighted by molar-refractivity contribution is 4.42. The molecule has 0 heterocycles. The summed E-state index contributed by atoms with van der Waals surface area (Å²) in [6.07, 6.45) is 3.28. The van der Waals surface area contributed by atoms with Crippen molar-refractivity contribution in [1.82, 2.24) is 0 Å². The Kier molecular flexibility index (Phi) is 3.73. The molecule has 0 aliphatic carbocycles. The van der Waals surface area contributed by atoms with E-state index in [0.717, 1.165) is 8.97 Å². The summed E-state index contributed by atoms with van der Waals surface area (Å²) in [5, 5.41) is 0. The van der Waals surface area contributed by atoms with E-state index in [0.29, 0.717) is 6.17 Å². The molecule has 0 aliphatic rings. The van der Waals surface area contributed by atoms with Gasteiger partial charge in [-0.05, 0) is 6.42 Å². The lowest BCUT2D eigenvalue weighted by Gasteiger charge is -2.42. The normalized spacial score (nSPS) is 14.0. The summed E-state index contributed by atoms with van der Waals surface area (Å²) in [6, 6.07) is 0. The van der Waals surface area contributed by atoms with E-state index in [1.165, 1.54) is 12.8 Å². The smallest absolute Gasteiger partial charge is 0.215 e. The van der Waals surface area contributed by atoms with Gasteiger partial charge in [-0.1, -0.05) is 6.92 Å². The first kappa shape index (κ1) is 11.9. The lowest BCUT2D eigenvalue weighted by Crippen LogP contribution is -2.60. The maximum absolute atomic E-state index is 2.28. The fourth-order valence-corrected chi connectivity index (χ4v) is 2.07. The molecule has 0 amide bonds. The van der Waals surface area contributed by atoms with Crippen LogP contribution in [0.25, 0.3) is 0 Å². The van der Waals surface area contributed by atoms with Crippen molar-refractivity contribution >= 4 is 0 Å². The van der Waals surface area contributed by atoms with Gasteiger partial charge in [-0.2, -0.15) is 0 Å². The van der Waals surface area contributed by atoms with Gasteiger partial charge in [0.15, 0.2) is 0 Å². The molecule has 0 saturated heterocycles. The van der Waals surface area contributed by atoms with Crippen LogP contribution in [0.1, 0.15) is 19.8 Å². The highest BCUT2D eigenvalue weighted by Crippen LogP contribution is 2.17. The van der Waals surface area contributed by atoms with Gasteiger partial charge in [-0.3, -0.25) is 8.97 Å². The first-order valence-corrected chi connectivity index (χ1v) is 4.82. The van der Waals surface area contributed by atoms with Gasteiger partial charge in [0.2, 0.25) is 6.17 Å². The molecular weight excluding hydrogens is 148 g/mol. The number of quaternary nitrogens is 2. The third kappa shape index (κ3) is 3.55. The van der Waals surface area contributed by atoms with Crippen LogP contribution in [0.3, 0.4) is 0 Å². The van der Waals surface area contributed by atoms with Crippen LogP contribution >= 0.6 is 0 Å². The van der Waals surface area contributed by atoms with Crippen molar-refractivity contribution in [1.29, 1.82) is 0 Å². The second kappa shape index (κ2) is 3.75. The van der Waals surface area contributed by atoms with E-state index < -0.39 is 0 Å². The van der Waals surface area contributed by atoms with Crippen molar-refractivity contribution in [3.8, 4) is 0 Å². The van der Waals surface area contributed by atoms with Crippen LogP contribution in [0.4, 0.5) is 0 Å². The molecule has 0 atom stereocenters. The second-order valence-electron chi connectivity index (χ2n) is 5.50. The lowest BCUT2D eigenvalue weighted by atomic mass is 10.2. The van der Waals surface area contributed by atoms with E-state index in [-0.39, 0.29) is 0 Å². The standard InChI is InChI=1S/C10H26N2/c1-8-9-10(11(2,3)4)12(5,6)7/h10H,8-9H2,1-7H3/q+2. The zero-order valence-corrected chi connectivity index (χ0v) is 9.89. The summed E-state index contributed by atoms with van der Waals surface area (Å²) in [6.45, 7) is 2.26. The number of rotatable bonds is 4. The predicted octanol–water partition coefficient (Wildman–Crippen LogP) is 1.52. The molecule has 0 aliphatic heterocycles. The van der Waals surface area contributed by atoms with Gasteiger partial charge < -0.3 is 0 Å². The molecule has 0 aromatic rings. The first-order chi connectivity index (χ1) is 5.19. The van der Waals surface area contributed by atoms with Crippen molar-refractivity contribution in [3.05, 3.63) is 0 Å². The van der Waals surface area contributed by atoms with Gasteiger partial charge in [0.25, 0.3) is 0 Å². The quantitative estimate of drug-likeness (QED) is 0.448. The minimum Gasteiger partial charge on any atom is -0.282 e. The van der Waals surface area contributed by atoms with E-state index in [2.05, 4.69) is 49.2 Å². The average molecular weight is 174 g/mol. The summed E-state index contributed by atoms with van der Waals surface area (Å²) >= 11 is 0. The van der Waals surface area contributed by atoms with E-state index in [1.807, 2.05) is 0 Å². The van der Waals surface area contributed by atoms with E-state index in [9.17, 15) is 0 Å². The molecule has 0 radical (unpaired) electrons. The maximum atomic E-state index is 2.28. The molecule has 12 heavy (non-hydrogen) atoms. The van der Waals surface area contributed by atoms with E-state index >= 15 is 0 Å². The summed E-state index contributed by atoms with van der Waals surface area (Å²) < 4.78 is 2.11. The molecule has 2 heteroatoms. The van der Waals surface area contributed by atoms with Gasteiger partial charge in [-0.25, -0.2) is 0 Å². The molecule has 0 bridgehead atoms. The number of nitrogens with zero attached hydrogens (tertiary/aromatic N) is 2. The van der Waals surface area contributed by atoms with Crippen molar-refractivity contribution in [2.75, 3.05) is 42.3 Å². The summed E-state index contributed by atoms with van der Waals surface area (Å²) in [5.74, 6) is 0. The molecule has 0 N–H and O–H groups in total. The van der Waals surface area contributed by atoms with Gasteiger partial charge >= 0.3 is 0 Å². The third-order valence-electron chi connectivity index (χ3n) is 2.34. The Balaban J connectivity index is 4.45. The van der Waals surface area contributed by atoms with Crippen LogP contribution in [-0.4, -0.2) is 57.4 Å². The minimum absolute atomic E-state index is 0.704. The molecule has 0 unspecified atom stereocenters. The van der Waals surface area contributed by atoms with E-state index in [1.54, 1.807) is 0 Å². The lowest BCUT2D eigenvalue weighted by molar-refractivity contribution is -1.09. The molecule has 2 nitrogen and oxygen atoms in total. The molecule has 0 fully saturated rings. The Morgan fingerprint density at radius 3 is 1.25 bits per heavy atom. The fourth-order valence-electron chi connectivity index (χ4n) is 2.07. The maximum Gasteiger partial charge on any atom is 0.215 e. The highest BCUT2D eigenvalue weighted by Gasteiger charge is 2.34. The monoisotopic (exact) mass is 174 g/mol. The number of hydrogen-bond donors (Lipinski definition) is 0. The Morgan fingerprint density at radius 1 is 0.833 bits per heavy atom. The molecule has 0 spiro atoms. The van der Waals surface area contributed by atoms with Crippen LogP contribution in [0, 0.1) is 0 Å². The Bertz CT molecular complexity index is 114.